The first-order valence-corrected chi connectivity index (χ1v) is 7.72. The lowest BCUT2D eigenvalue weighted by Gasteiger charge is -2.25. The van der Waals surface area contributed by atoms with Crippen LogP contribution in [0.2, 0.25) is 0 Å². The Balaban J connectivity index is 1.89. The summed E-state index contributed by atoms with van der Waals surface area (Å²) in [7, 11) is 0. The quantitative estimate of drug-likeness (QED) is 0.728. The normalized spacial score (nSPS) is 17.9. The second-order valence-electron chi connectivity index (χ2n) is 4.70. The summed E-state index contributed by atoms with van der Waals surface area (Å²) in [5.74, 6) is 1.77. The van der Waals surface area contributed by atoms with Crippen LogP contribution in [0.15, 0.2) is 17.5 Å². The molecular formula is C13H21NS2. The van der Waals surface area contributed by atoms with Gasteiger partial charge >= 0.3 is 0 Å². The second kappa shape index (κ2) is 6.08. The highest BCUT2D eigenvalue weighted by Gasteiger charge is 2.30. The van der Waals surface area contributed by atoms with Crippen LogP contribution in [0.5, 0.6) is 0 Å². The second-order valence-corrected chi connectivity index (χ2v) is 6.09. The minimum atomic E-state index is 0.754. The molecule has 0 radical (unpaired) electrons. The van der Waals surface area contributed by atoms with E-state index < -0.39 is 0 Å². The highest BCUT2D eigenvalue weighted by molar-refractivity contribution is 7.80. The van der Waals surface area contributed by atoms with Crippen molar-refractivity contribution in [3.8, 4) is 0 Å². The van der Waals surface area contributed by atoms with Crippen molar-refractivity contribution in [1.82, 2.24) is 4.90 Å². The topological polar surface area (TPSA) is 3.24 Å². The summed E-state index contributed by atoms with van der Waals surface area (Å²) in [4.78, 5) is 4.16. The van der Waals surface area contributed by atoms with E-state index in [1.54, 1.807) is 0 Å². The maximum atomic E-state index is 4.45. The smallest absolute Gasteiger partial charge is 0.0330 e. The maximum Gasteiger partial charge on any atom is 0.0330 e. The van der Waals surface area contributed by atoms with Gasteiger partial charge in [-0.3, -0.25) is 4.90 Å². The number of thiol groups is 1. The molecule has 1 aromatic heterocycles. The highest BCUT2D eigenvalue weighted by atomic mass is 32.1. The largest absolute Gasteiger partial charge is 0.295 e. The van der Waals surface area contributed by atoms with Gasteiger partial charge in [0.25, 0.3) is 0 Å². The van der Waals surface area contributed by atoms with Gasteiger partial charge in [-0.15, -0.1) is 11.3 Å². The number of nitrogens with zero attached hydrogens (tertiary/aromatic N) is 1. The minimum Gasteiger partial charge on any atom is -0.295 e. The van der Waals surface area contributed by atoms with Gasteiger partial charge in [-0.05, 0) is 36.0 Å². The molecule has 2 rings (SSSR count). The van der Waals surface area contributed by atoms with Crippen molar-refractivity contribution in [3.63, 3.8) is 0 Å². The van der Waals surface area contributed by atoms with E-state index in [0.29, 0.717) is 0 Å². The zero-order valence-corrected chi connectivity index (χ0v) is 11.6. The van der Waals surface area contributed by atoms with Crippen LogP contribution in [-0.4, -0.2) is 23.2 Å². The molecule has 0 aliphatic heterocycles. The summed E-state index contributed by atoms with van der Waals surface area (Å²) in [6.07, 6.45) is 4.04. The molecule has 1 atom stereocenters. The van der Waals surface area contributed by atoms with E-state index in [-0.39, 0.29) is 0 Å². The van der Waals surface area contributed by atoms with Gasteiger partial charge in [0, 0.05) is 24.0 Å². The molecule has 1 aliphatic rings. The van der Waals surface area contributed by atoms with Crippen molar-refractivity contribution in [1.29, 1.82) is 0 Å². The van der Waals surface area contributed by atoms with E-state index in [2.05, 4.69) is 42.0 Å². The first-order chi connectivity index (χ1) is 7.83. The number of hydrogen-bond donors (Lipinski definition) is 1. The van der Waals surface area contributed by atoms with Gasteiger partial charge in [-0.25, -0.2) is 0 Å². The Bertz CT molecular complexity index is 289. The van der Waals surface area contributed by atoms with Crippen LogP contribution in [0.3, 0.4) is 0 Å². The zero-order chi connectivity index (χ0) is 11.4. The Labute approximate surface area is 108 Å². The van der Waals surface area contributed by atoms with Gasteiger partial charge in [0.2, 0.25) is 0 Å². The maximum absolute atomic E-state index is 4.45. The van der Waals surface area contributed by atoms with Crippen LogP contribution < -0.4 is 0 Å². The van der Waals surface area contributed by atoms with Gasteiger partial charge in [0.15, 0.2) is 0 Å². The van der Waals surface area contributed by atoms with E-state index in [1.165, 1.54) is 30.7 Å². The standard InChI is InChI=1S/C13H21NS2/c1-2-11(10-15)8-14(12-5-6-12)9-13-4-3-7-16-13/h3-4,7,11-12,15H,2,5-6,8-10H2,1H3. The molecule has 0 N–H and O–H groups in total. The molecule has 0 saturated heterocycles. The van der Waals surface area contributed by atoms with Crippen LogP contribution in [0.25, 0.3) is 0 Å². The number of rotatable bonds is 7. The third-order valence-corrected chi connectivity index (χ3v) is 4.71. The van der Waals surface area contributed by atoms with Crippen molar-refractivity contribution in [2.75, 3.05) is 12.3 Å². The van der Waals surface area contributed by atoms with Gasteiger partial charge in [-0.2, -0.15) is 12.6 Å². The summed E-state index contributed by atoms with van der Waals surface area (Å²) in [5, 5.41) is 2.18. The van der Waals surface area contributed by atoms with E-state index in [9.17, 15) is 0 Å². The molecule has 16 heavy (non-hydrogen) atoms. The summed E-state index contributed by atoms with van der Waals surface area (Å²) < 4.78 is 0. The third kappa shape index (κ3) is 3.51. The van der Waals surface area contributed by atoms with Gasteiger partial charge in [0.05, 0.1) is 0 Å². The van der Waals surface area contributed by atoms with E-state index >= 15 is 0 Å². The molecule has 0 spiro atoms. The Kier molecular flexibility index (Phi) is 4.74. The van der Waals surface area contributed by atoms with Crippen LogP contribution >= 0.6 is 24.0 Å². The molecule has 3 heteroatoms. The molecule has 0 bridgehead atoms. The molecule has 1 nitrogen and oxygen atoms in total. The zero-order valence-electron chi connectivity index (χ0n) is 9.93. The van der Waals surface area contributed by atoms with Gasteiger partial charge in [-0.1, -0.05) is 19.4 Å². The predicted molar refractivity (Wildman–Crippen MR) is 75.4 cm³/mol. The summed E-state index contributed by atoms with van der Waals surface area (Å²) in [6.45, 7) is 4.65. The third-order valence-electron chi connectivity index (χ3n) is 3.33. The van der Waals surface area contributed by atoms with Crippen molar-refractivity contribution >= 4 is 24.0 Å². The highest BCUT2D eigenvalue weighted by Crippen LogP contribution is 2.30. The number of thiophene rings is 1. The fourth-order valence-corrected chi connectivity index (χ4v) is 3.14. The van der Waals surface area contributed by atoms with E-state index in [1.807, 2.05) is 11.3 Å². The van der Waals surface area contributed by atoms with Crippen molar-refractivity contribution in [2.45, 2.75) is 38.8 Å². The molecule has 1 aromatic rings. The molecule has 1 heterocycles. The Morgan fingerprint density at radius 2 is 2.38 bits per heavy atom. The fraction of sp³-hybridized carbons (Fsp3) is 0.692. The summed E-state index contributed by atoms with van der Waals surface area (Å²) in [6, 6.07) is 5.26. The molecule has 1 saturated carbocycles. The molecule has 1 unspecified atom stereocenters. The van der Waals surface area contributed by atoms with Crippen LogP contribution in [0.1, 0.15) is 31.1 Å². The molecular weight excluding hydrogens is 234 g/mol. The Hall–Kier alpha value is 0.01000. The van der Waals surface area contributed by atoms with Crippen LogP contribution in [0.4, 0.5) is 0 Å². The lowest BCUT2D eigenvalue weighted by atomic mass is 10.1. The summed E-state index contributed by atoms with van der Waals surface area (Å²) in [5.41, 5.74) is 0. The lowest BCUT2D eigenvalue weighted by molar-refractivity contribution is 0.221. The van der Waals surface area contributed by atoms with Crippen molar-refractivity contribution < 1.29 is 0 Å². The molecule has 0 aromatic carbocycles. The average Bonchev–Trinajstić information content (AvgIpc) is 3.03. The minimum absolute atomic E-state index is 0.754. The average molecular weight is 255 g/mol. The number of hydrogen-bond acceptors (Lipinski definition) is 3. The molecule has 1 fully saturated rings. The van der Waals surface area contributed by atoms with E-state index in [0.717, 1.165) is 24.3 Å². The first kappa shape index (κ1) is 12.5. The predicted octanol–water partition coefficient (Wildman–Crippen LogP) is 3.67. The van der Waals surface area contributed by atoms with Gasteiger partial charge < -0.3 is 0 Å². The van der Waals surface area contributed by atoms with E-state index in [4.69, 9.17) is 0 Å². The molecule has 0 amide bonds. The van der Waals surface area contributed by atoms with Crippen LogP contribution in [-0.2, 0) is 6.54 Å². The lowest BCUT2D eigenvalue weighted by Crippen LogP contribution is -2.31. The molecule has 90 valence electrons. The first-order valence-electron chi connectivity index (χ1n) is 6.20. The van der Waals surface area contributed by atoms with Crippen molar-refractivity contribution in [2.24, 2.45) is 5.92 Å². The Morgan fingerprint density at radius 3 is 2.88 bits per heavy atom. The fourth-order valence-electron chi connectivity index (χ4n) is 2.03. The SMILES string of the molecule is CCC(CS)CN(Cc1cccs1)C1CC1. The van der Waals surface area contributed by atoms with Crippen molar-refractivity contribution in [3.05, 3.63) is 22.4 Å². The van der Waals surface area contributed by atoms with Crippen LogP contribution in [0, 0.1) is 5.92 Å². The summed E-state index contributed by atoms with van der Waals surface area (Å²) >= 11 is 6.33. The van der Waals surface area contributed by atoms with Gasteiger partial charge in [0.1, 0.15) is 0 Å². The molecule has 1 aliphatic carbocycles. The Morgan fingerprint density at radius 1 is 1.56 bits per heavy atom. The monoisotopic (exact) mass is 255 g/mol.